The van der Waals surface area contributed by atoms with Gasteiger partial charge in [-0.2, -0.15) is 5.26 Å². The van der Waals surface area contributed by atoms with Crippen LogP contribution in [0.4, 0.5) is 0 Å². The Kier molecular flexibility index (Phi) is 6.44. The lowest BCUT2D eigenvalue weighted by molar-refractivity contribution is -0.138. The Hall–Kier alpha value is -2.97. The van der Waals surface area contributed by atoms with Gasteiger partial charge in [-0.05, 0) is 41.5 Å². The molecule has 0 saturated carbocycles. The molecular formula is C19H16ClNO4. The van der Waals surface area contributed by atoms with Crippen LogP contribution in [0.1, 0.15) is 16.7 Å². The average molecular weight is 358 g/mol. The number of benzene rings is 2. The Labute approximate surface area is 151 Å². The molecule has 0 aliphatic carbocycles. The molecule has 0 amide bonds. The second kappa shape index (κ2) is 8.76. The normalized spacial score (nSPS) is 10.3. The van der Waals surface area contributed by atoms with Crippen LogP contribution in [0.15, 0.2) is 42.5 Å². The molecule has 0 unspecified atom stereocenters. The number of hydrogen-bond donors (Lipinski definition) is 0. The average Bonchev–Trinajstić information content (AvgIpc) is 2.64. The van der Waals surface area contributed by atoms with Gasteiger partial charge in [-0.15, -0.1) is 0 Å². The van der Waals surface area contributed by atoms with Gasteiger partial charge in [0.25, 0.3) is 0 Å². The van der Waals surface area contributed by atoms with Crippen molar-refractivity contribution in [2.75, 3.05) is 14.2 Å². The van der Waals surface area contributed by atoms with E-state index < -0.39 is 5.97 Å². The molecule has 25 heavy (non-hydrogen) atoms. The van der Waals surface area contributed by atoms with Crippen molar-refractivity contribution in [2.45, 2.75) is 6.61 Å². The van der Waals surface area contributed by atoms with Crippen LogP contribution in [0.25, 0.3) is 6.08 Å². The van der Waals surface area contributed by atoms with Crippen LogP contribution in [-0.4, -0.2) is 20.2 Å². The molecule has 0 aromatic heterocycles. The van der Waals surface area contributed by atoms with Gasteiger partial charge in [-0.3, -0.25) is 0 Å². The highest BCUT2D eigenvalue weighted by Gasteiger charge is 2.10. The summed E-state index contributed by atoms with van der Waals surface area (Å²) in [4.78, 5) is 11.8. The van der Waals surface area contributed by atoms with Gasteiger partial charge in [0, 0.05) is 6.08 Å². The van der Waals surface area contributed by atoms with E-state index in [1.165, 1.54) is 20.3 Å². The zero-order chi connectivity index (χ0) is 18.2. The molecule has 0 heterocycles. The maximum atomic E-state index is 11.8. The van der Waals surface area contributed by atoms with E-state index in [1.54, 1.807) is 42.5 Å². The molecule has 2 rings (SSSR count). The van der Waals surface area contributed by atoms with Crippen molar-refractivity contribution in [3.63, 3.8) is 0 Å². The number of esters is 1. The van der Waals surface area contributed by atoms with E-state index in [0.29, 0.717) is 27.6 Å². The van der Waals surface area contributed by atoms with Gasteiger partial charge in [0.05, 0.1) is 30.9 Å². The molecule has 0 aliphatic rings. The molecule has 0 bridgehead atoms. The number of rotatable bonds is 6. The van der Waals surface area contributed by atoms with Crippen LogP contribution in [-0.2, 0) is 16.1 Å². The molecular weight excluding hydrogens is 342 g/mol. The Bertz CT molecular complexity index is 823. The van der Waals surface area contributed by atoms with Crippen LogP contribution in [0.2, 0.25) is 5.02 Å². The largest absolute Gasteiger partial charge is 0.493 e. The van der Waals surface area contributed by atoms with Gasteiger partial charge in [0.2, 0.25) is 0 Å². The Morgan fingerprint density at radius 3 is 2.52 bits per heavy atom. The van der Waals surface area contributed by atoms with E-state index in [-0.39, 0.29) is 6.61 Å². The predicted molar refractivity (Wildman–Crippen MR) is 94.5 cm³/mol. The summed E-state index contributed by atoms with van der Waals surface area (Å²) in [5.74, 6) is 0.417. The standard InChI is InChI=1S/C19H16ClNO4/c1-23-17-10-15(9-16(20)19(17)24-2)7-8-18(22)25-12-14-5-3-13(11-21)4-6-14/h3-10H,12H2,1-2H3. The number of nitrogens with zero attached hydrogens (tertiary/aromatic N) is 1. The lowest BCUT2D eigenvalue weighted by Crippen LogP contribution is -2.00. The Balaban J connectivity index is 2.00. The summed E-state index contributed by atoms with van der Waals surface area (Å²) in [6, 6.07) is 12.2. The van der Waals surface area contributed by atoms with Gasteiger partial charge < -0.3 is 14.2 Å². The molecule has 2 aromatic carbocycles. The number of hydrogen-bond acceptors (Lipinski definition) is 5. The van der Waals surface area contributed by atoms with Gasteiger partial charge in [-0.1, -0.05) is 23.7 Å². The van der Waals surface area contributed by atoms with E-state index in [0.717, 1.165) is 5.56 Å². The third-order valence-electron chi connectivity index (χ3n) is 3.33. The first-order valence-corrected chi connectivity index (χ1v) is 7.70. The molecule has 128 valence electrons. The molecule has 0 atom stereocenters. The van der Waals surface area contributed by atoms with Gasteiger partial charge in [0.15, 0.2) is 11.5 Å². The molecule has 2 aromatic rings. The molecule has 0 aliphatic heterocycles. The first kappa shape index (κ1) is 18.4. The SMILES string of the molecule is COc1cc(C=CC(=O)OCc2ccc(C#N)cc2)cc(Cl)c1OC. The van der Waals surface area contributed by atoms with Crippen LogP contribution in [0, 0.1) is 11.3 Å². The number of methoxy groups -OCH3 is 2. The summed E-state index contributed by atoms with van der Waals surface area (Å²) in [7, 11) is 3.01. The van der Waals surface area contributed by atoms with Crippen molar-refractivity contribution in [2.24, 2.45) is 0 Å². The molecule has 6 heteroatoms. The lowest BCUT2D eigenvalue weighted by atomic mass is 10.1. The van der Waals surface area contributed by atoms with Gasteiger partial charge >= 0.3 is 5.97 Å². The molecule has 0 N–H and O–H groups in total. The smallest absolute Gasteiger partial charge is 0.331 e. The minimum absolute atomic E-state index is 0.127. The summed E-state index contributed by atoms with van der Waals surface area (Å²) < 4.78 is 15.5. The number of halogens is 1. The van der Waals surface area contributed by atoms with Crippen molar-refractivity contribution in [3.05, 3.63) is 64.2 Å². The number of carbonyl (C=O) groups is 1. The second-order valence-electron chi connectivity index (χ2n) is 4.99. The third-order valence-corrected chi connectivity index (χ3v) is 3.61. The van der Waals surface area contributed by atoms with Crippen LogP contribution in [0.5, 0.6) is 11.5 Å². The van der Waals surface area contributed by atoms with E-state index in [2.05, 4.69) is 0 Å². The van der Waals surface area contributed by atoms with E-state index >= 15 is 0 Å². The Morgan fingerprint density at radius 1 is 1.20 bits per heavy atom. The van der Waals surface area contributed by atoms with E-state index in [9.17, 15) is 4.79 Å². The van der Waals surface area contributed by atoms with Crippen molar-refractivity contribution >= 4 is 23.6 Å². The fourth-order valence-electron chi connectivity index (χ4n) is 2.08. The first-order valence-electron chi connectivity index (χ1n) is 7.32. The highest BCUT2D eigenvalue weighted by Crippen LogP contribution is 2.36. The quantitative estimate of drug-likeness (QED) is 0.577. The summed E-state index contributed by atoms with van der Waals surface area (Å²) in [6.45, 7) is 0.127. The number of nitriles is 1. The Morgan fingerprint density at radius 2 is 1.92 bits per heavy atom. The maximum Gasteiger partial charge on any atom is 0.331 e. The summed E-state index contributed by atoms with van der Waals surface area (Å²) in [6.07, 6.45) is 2.89. The van der Waals surface area contributed by atoms with Crippen LogP contribution < -0.4 is 9.47 Å². The monoisotopic (exact) mass is 357 g/mol. The summed E-state index contributed by atoms with van der Waals surface area (Å²) in [5, 5.41) is 9.13. The van der Waals surface area contributed by atoms with Crippen LogP contribution >= 0.6 is 11.6 Å². The highest BCUT2D eigenvalue weighted by atomic mass is 35.5. The molecule has 0 fully saturated rings. The van der Waals surface area contributed by atoms with Crippen molar-refractivity contribution in [1.82, 2.24) is 0 Å². The van der Waals surface area contributed by atoms with Crippen molar-refractivity contribution in [3.8, 4) is 17.6 Å². The van der Waals surface area contributed by atoms with E-state index in [4.69, 9.17) is 31.1 Å². The van der Waals surface area contributed by atoms with Gasteiger partial charge in [0.1, 0.15) is 6.61 Å². The molecule has 5 nitrogen and oxygen atoms in total. The molecule has 0 saturated heterocycles. The zero-order valence-corrected chi connectivity index (χ0v) is 14.5. The van der Waals surface area contributed by atoms with Gasteiger partial charge in [-0.25, -0.2) is 4.79 Å². The fourth-order valence-corrected chi connectivity index (χ4v) is 2.37. The van der Waals surface area contributed by atoms with Crippen molar-refractivity contribution < 1.29 is 19.0 Å². The summed E-state index contributed by atoms with van der Waals surface area (Å²) in [5.41, 5.74) is 2.04. The number of carbonyl (C=O) groups excluding carboxylic acids is 1. The van der Waals surface area contributed by atoms with E-state index in [1.807, 2.05) is 6.07 Å². The first-order chi connectivity index (χ1) is 12.1. The molecule has 0 spiro atoms. The zero-order valence-electron chi connectivity index (χ0n) is 13.8. The minimum atomic E-state index is -0.490. The van der Waals surface area contributed by atoms with Crippen molar-refractivity contribution in [1.29, 1.82) is 5.26 Å². The topological polar surface area (TPSA) is 68.5 Å². The maximum absolute atomic E-state index is 11.8. The third kappa shape index (κ3) is 5.00. The fraction of sp³-hybridized carbons (Fsp3) is 0.158. The molecule has 0 radical (unpaired) electrons. The lowest BCUT2D eigenvalue weighted by Gasteiger charge is -2.10. The highest BCUT2D eigenvalue weighted by molar-refractivity contribution is 6.32. The predicted octanol–water partition coefficient (Wildman–Crippen LogP) is 3.99. The second-order valence-corrected chi connectivity index (χ2v) is 5.40. The van der Waals surface area contributed by atoms with Crippen LogP contribution in [0.3, 0.4) is 0 Å². The summed E-state index contributed by atoms with van der Waals surface area (Å²) >= 11 is 6.12. The number of ether oxygens (including phenoxy) is 3. The minimum Gasteiger partial charge on any atom is -0.493 e.